The molecule has 1 aliphatic rings. The quantitative estimate of drug-likeness (QED) is 0.837. The Hall–Kier alpha value is -0.910. The molecule has 2 rings (SSSR count). The number of thiophene rings is 1. The number of carbonyl (C=O) groups excluding carboxylic acids is 1. The lowest BCUT2D eigenvalue weighted by atomic mass is 10.1. The molecular weight excluding hydrogens is 238 g/mol. The number of hydrogen-bond acceptors (Lipinski definition) is 4. The highest BCUT2D eigenvalue weighted by atomic mass is 32.1. The van der Waals surface area contributed by atoms with E-state index in [1.54, 1.807) is 0 Å². The largest absolute Gasteiger partial charge is 0.387 e. The average Bonchev–Trinajstić information content (AvgIpc) is 2.97. The number of carbonyl (C=O) groups is 1. The van der Waals surface area contributed by atoms with Crippen LogP contribution < -0.4 is 5.32 Å². The molecule has 1 aromatic rings. The monoisotopic (exact) mass is 255 g/mol. The van der Waals surface area contributed by atoms with Crippen molar-refractivity contribution < 1.29 is 14.6 Å². The Morgan fingerprint density at radius 1 is 1.71 bits per heavy atom. The van der Waals surface area contributed by atoms with Gasteiger partial charge in [0.25, 0.3) is 0 Å². The molecule has 0 saturated carbocycles. The SMILES string of the molecule is O=C(CC1CCCO1)NCC(O)c1ccsc1. The van der Waals surface area contributed by atoms with Gasteiger partial charge in [0, 0.05) is 13.2 Å². The number of aliphatic hydroxyl groups excluding tert-OH is 1. The first kappa shape index (κ1) is 12.5. The van der Waals surface area contributed by atoms with Gasteiger partial charge in [-0.3, -0.25) is 4.79 Å². The maximum Gasteiger partial charge on any atom is 0.222 e. The summed E-state index contributed by atoms with van der Waals surface area (Å²) in [5, 5.41) is 16.3. The van der Waals surface area contributed by atoms with E-state index in [0.29, 0.717) is 6.42 Å². The zero-order valence-corrected chi connectivity index (χ0v) is 10.4. The first-order valence-electron chi connectivity index (χ1n) is 5.84. The molecule has 2 heterocycles. The van der Waals surface area contributed by atoms with Crippen LogP contribution in [0.3, 0.4) is 0 Å². The minimum absolute atomic E-state index is 0.0498. The van der Waals surface area contributed by atoms with Crippen molar-refractivity contribution in [3.05, 3.63) is 22.4 Å². The molecule has 0 radical (unpaired) electrons. The third-order valence-electron chi connectivity index (χ3n) is 2.86. The molecule has 2 N–H and O–H groups in total. The molecule has 1 saturated heterocycles. The van der Waals surface area contributed by atoms with Crippen LogP contribution in [0.4, 0.5) is 0 Å². The normalized spacial score (nSPS) is 21.4. The fourth-order valence-electron chi connectivity index (χ4n) is 1.88. The Kier molecular flexibility index (Phi) is 4.53. The van der Waals surface area contributed by atoms with Gasteiger partial charge in [-0.2, -0.15) is 11.3 Å². The van der Waals surface area contributed by atoms with Crippen molar-refractivity contribution >= 4 is 17.2 Å². The van der Waals surface area contributed by atoms with Crippen molar-refractivity contribution in [1.82, 2.24) is 5.32 Å². The average molecular weight is 255 g/mol. The summed E-state index contributed by atoms with van der Waals surface area (Å²) in [4.78, 5) is 11.6. The van der Waals surface area contributed by atoms with E-state index in [2.05, 4.69) is 5.32 Å². The molecule has 4 nitrogen and oxygen atoms in total. The summed E-state index contributed by atoms with van der Waals surface area (Å²) in [5.74, 6) is -0.0498. The van der Waals surface area contributed by atoms with Crippen LogP contribution >= 0.6 is 11.3 Å². The van der Waals surface area contributed by atoms with Crippen molar-refractivity contribution in [3.8, 4) is 0 Å². The molecule has 0 aliphatic carbocycles. The zero-order chi connectivity index (χ0) is 12.1. The number of aliphatic hydroxyl groups is 1. The highest BCUT2D eigenvalue weighted by Gasteiger charge is 2.19. The molecule has 2 atom stereocenters. The van der Waals surface area contributed by atoms with Crippen LogP contribution in [0.2, 0.25) is 0 Å². The van der Waals surface area contributed by atoms with Gasteiger partial charge in [0.15, 0.2) is 0 Å². The van der Waals surface area contributed by atoms with Gasteiger partial charge in [-0.05, 0) is 35.2 Å². The molecule has 0 bridgehead atoms. The molecule has 1 fully saturated rings. The van der Waals surface area contributed by atoms with E-state index >= 15 is 0 Å². The molecule has 94 valence electrons. The van der Waals surface area contributed by atoms with E-state index in [-0.39, 0.29) is 18.6 Å². The van der Waals surface area contributed by atoms with Gasteiger partial charge in [-0.15, -0.1) is 0 Å². The van der Waals surface area contributed by atoms with E-state index in [9.17, 15) is 9.90 Å². The Labute approximate surface area is 105 Å². The molecule has 0 aromatic carbocycles. The number of amides is 1. The first-order chi connectivity index (χ1) is 8.25. The topological polar surface area (TPSA) is 58.6 Å². The van der Waals surface area contributed by atoms with Gasteiger partial charge in [-0.25, -0.2) is 0 Å². The lowest BCUT2D eigenvalue weighted by Crippen LogP contribution is -2.30. The second kappa shape index (κ2) is 6.14. The van der Waals surface area contributed by atoms with Gasteiger partial charge in [0.2, 0.25) is 5.91 Å². The summed E-state index contributed by atoms with van der Waals surface area (Å²) in [6, 6.07) is 1.86. The number of hydrogen-bond donors (Lipinski definition) is 2. The Balaban J connectivity index is 1.68. The van der Waals surface area contributed by atoms with Crippen LogP contribution in [0.5, 0.6) is 0 Å². The predicted octanol–water partition coefficient (Wildman–Crippen LogP) is 1.47. The second-order valence-electron chi connectivity index (χ2n) is 4.22. The Morgan fingerprint density at radius 2 is 2.59 bits per heavy atom. The molecule has 1 aromatic heterocycles. The van der Waals surface area contributed by atoms with Gasteiger partial charge in [-0.1, -0.05) is 0 Å². The molecular formula is C12H17NO3S. The van der Waals surface area contributed by atoms with Gasteiger partial charge in [0.05, 0.1) is 18.6 Å². The first-order valence-corrected chi connectivity index (χ1v) is 6.78. The highest BCUT2D eigenvalue weighted by molar-refractivity contribution is 7.07. The minimum atomic E-state index is -0.616. The Bertz CT molecular complexity index is 347. The molecule has 2 unspecified atom stereocenters. The summed E-state index contributed by atoms with van der Waals surface area (Å²) < 4.78 is 5.38. The predicted molar refractivity (Wildman–Crippen MR) is 65.9 cm³/mol. The van der Waals surface area contributed by atoms with Crippen LogP contribution in [-0.2, 0) is 9.53 Å². The van der Waals surface area contributed by atoms with Crippen LogP contribution in [0.25, 0.3) is 0 Å². The third-order valence-corrected chi connectivity index (χ3v) is 3.56. The number of ether oxygens (including phenoxy) is 1. The van der Waals surface area contributed by atoms with E-state index in [1.165, 1.54) is 11.3 Å². The summed E-state index contributed by atoms with van der Waals surface area (Å²) in [7, 11) is 0. The van der Waals surface area contributed by atoms with Crippen molar-refractivity contribution in [1.29, 1.82) is 0 Å². The maximum absolute atomic E-state index is 11.6. The maximum atomic E-state index is 11.6. The second-order valence-corrected chi connectivity index (χ2v) is 5.00. The van der Waals surface area contributed by atoms with E-state index in [1.807, 2.05) is 16.8 Å². The Morgan fingerprint density at radius 3 is 3.24 bits per heavy atom. The van der Waals surface area contributed by atoms with Gasteiger partial charge >= 0.3 is 0 Å². The lowest BCUT2D eigenvalue weighted by Gasteiger charge is -2.12. The van der Waals surface area contributed by atoms with Crippen molar-refractivity contribution in [2.24, 2.45) is 0 Å². The third kappa shape index (κ3) is 3.80. The zero-order valence-electron chi connectivity index (χ0n) is 9.59. The smallest absolute Gasteiger partial charge is 0.222 e. The van der Waals surface area contributed by atoms with Gasteiger partial charge < -0.3 is 15.2 Å². The number of nitrogens with one attached hydrogen (secondary N) is 1. The van der Waals surface area contributed by atoms with Crippen LogP contribution in [0, 0.1) is 0 Å². The summed E-state index contributed by atoms with van der Waals surface area (Å²) in [5.41, 5.74) is 0.854. The summed E-state index contributed by atoms with van der Waals surface area (Å²) in [6.45, 7) is 1.03. The standard InChI is InChI=1S/C12H17NO3S/c14-11(9-3-5-17-8-9)7-13-12(15)6-10-2-1-4-16-10/h3,5,8,10-11,14H,1-2,4,6-7H2,(H,13,15). The summed E-state index contributed by atoms with van der Waals surface area (Å²) >= 11 is 1.54. The number of rotatable bonds is 5. The molecule has 1 amide bonds. The minimum Gasteiger partial charge on any atom is -0.387 e. The molecule has 5 heteroatoms. The van der Waals surface area contributed by atoms with E-state index in [0.717, 1.165) is 25.0 Å². The van der Waals surface area contributed by atoms with Crippen molar-refractivity contribution in [2.75, 3.05) is 13.2 Å². The lowest BCUT2D eigenvalue weighted by molar-refractivity contribution is -0.123. The fourth-order valence-corrected chi connectivity index (χ4v) is 2.58. The summed E-state index contributed by atoms with van der Waals surface area (Å²) in [6.07, 6.45) is 1.84. The van der Waals surface area contributed by atoms with Crippen LogP contribution in [0.15, 0.2) is 16.8 Å². The van der Waals surface area contributed by atoms with E-state index in [4.69, 9.17) is 4.74 Å². The molecule has 1 aliphatic heterocycles. The van der Waals surface area contributed by atoms with Crippen LogP contribution in [-0.4, -0.2) is 30.3 Å². The van der Waals surface area contributed by atoms with Crippen molar-refractivity contribution in [2.45, 2.75) is 31.5 Å². The fraction of sp³-hybridized carbons (Fsp3) is 0.583. The molecule has 17 heavy (non-hydrogen) atoms. The van der Waals surface area contributed by atoms with Crippen molar-refractivity contribution in [3.63, 3.8) is 0 Å². The van der Waals surface area contributed by atoms with Crippen LogP contribution in [0.1, 0.15) is 30.9 Å². The van der Waals surface area contributed by atoms with Gasteiger partial charge in [0.1, 0.15) is 0 Å². The molecule has 0 spiro atoms. The highest BCUT2D eigenvalue weighted by Crippen LogP contribution is 2.16. The van der Waals surface area contributed by atoms with E-state index < -0.39 is 6.10 Å².